The Morgan fingerprint density at radius 2 is 1.86 bits per heavy atom. The van der Waals surface area contributed by atoms with Crippen molar-refractivity contribution in [2.45, 2.75) is 39.7 Å². The molecule has 6 rings (SSSR count). The highest BCUT2D eigenvalue weighted by Gasteiger charge is 2.30. The summed E-state index contributed by atoms with van der Waals surface area (Å²) in [5, 5.41) is 6.54. The second-order valence-corrected chi connectivity index (χ2v) is 11.8. The average molecular weight is 608 g/mol. The van der Waals surface area contributed by atoms with Gasteiger partial charge in [0.05, 0.1) is 21.8 Å². The number of nitrogens with zero attached hydrogens (tertiary/aromatic N) is 6. The largest absolute Gasteiger partial charge is 0.355 e. The van der Waals surface area contributed by atoms with Gasteiger partial charge in [-0.05, 0) is 55.0 Å². The summed E-state index contributed by atoms with van der Waals surface area (Å²) in [4.78, 5) is 44.6. The predicted molar refractivity (Wildman–Crippen MR) is 178 cm³/mol. The molecule has 3 aromatic heterocycles. The van der Waals surface area contributed by atoms with Gasteiger partial charge < -0.3 is 15.1 Å². The van der Waals surface area contributed by atoms with Crippen molar-refractivity contribution in [1.82, 2.24) is 24.4 Å². The number of hydrogen-bond donors (Lipinski definition) is 1. The molecular formula is C34H34ClN7O2. The van der Waals surface area contributed by atoms with Gasteiger partial charge in [-0.3, -0.25) is 9.78 Å². The van der Waals surface area contributed by atoms with Gasteiger partial charge in [0, 0.05) is 42.9 Å². The molecule has 2 aromatic carbocycles. The fourth-order valence-electron chi connectivity index (χ4n) is 5.96. The van der Waals surface area contributed by atoms with Gasteiger partial charge in [0.1, 0.15) is 5.82 Å². The van der Waals surface area contributed by atoms with Gasteiger partial charge in [-0.15, -0.1) is 0 Å². The zero-order valence-electron chi connectivity index (χ0n) is 25.2. The van der Waals surface area contributed by atoms with E-state index >= 15 is 0 Å². The van der Waals surface area contributed by atoms with Crippen molar-refractivity contribution in [2.24, 2.45) is 0 Å². The molecule has 1 aliphatic heterocycles. The van der Waals surface area contributed by atoms with E-state index in [1.165, 1.54) is 6.08 Å². The van der Waals surface area contributed by atoms with E-state index in [0.717, 1.165) is 27.7 Å². The molecule has 1 aliphatic rings. The molecule has 44 heavy (non-hydrogen) atoms. The molecule has 1 fully saturated rings. The van der Waals surface area contributed by atoms with Crippen LogP contribution in [0.2, 0.25) is 5.02 Å². The van der Waals surface area contributed by atoms with Crippen LogP contribution in [0.1, 0.15) is 37.9 Å². The Kier molecular flexibility index (Phi) is 7.82. The molecule has 0 bridgehead atoms. The summed E-state index contributed by atoms with van der Waals surface area (Å²) < 4.78 is 1.56. The quantitative estimate of drug-likeness (QED) is 0.224. The van der Waals surface area contributed by atoms with Crippen LogP contribution in [0.4, 0.5) is 17.3 Å². The van der Waals surface area contributed by atoms with Crippen LogP contribution in [-0.2, 0) is 4.79 Å². The smallest absolute Gasteiger partial charge is 0.350 e. The van der Waals surface area contributed by atoms with Crippen LogP contribution in [0, 0.1) is 6.92 Å². The van der Waals surface area contributed by atoms with Crippen LogP contribution in [0.15, 0.2) is 78.2 Å². The number of rotatable bonds is 6. The second-order valence-electron chi connectivity index (χ2n) is 11.4. The Hall–Kier alpha value is -4.76. The second kappa shape index (κ2) is 11.7. The van der Waals surface area contributed by atoms with E-state index in [4.69, 9.17) is 16.6 Å². The van der Waals surface area contributed by atoms with E-state index in [-0.39, 0.29) is 17.9 Å². The lowest BCUT2D eigenvalue weighted by Gasteiger charge is -2.40. The van der Waals surface area contributed by atoms with Crippen molar-refractivity contribution in [3.63, 3.8) is 0 Å². The van der Waals surface area contributed by atoms with Gasteiger partial charge in [0.15, 0.2) is 11.5 Å². The number of carbonyl (C=O) groups excluding carboxylic acids is 1. The molecule has 1 atom stereocenters. The number of piperazine rings is 1. The van der Waals surface area contributed by atoms with E-state index < -0.39 is 5.69 Å². The molecule has 1 N–H and O–H groups in total. The zero-order valence-corrected chi connectivity index (χ0v) is 26.0. The Bertz CT molecular complexity index is 1980. The van der Waals surface area contributed by atoms with Crippen LogP contribution in [-0.4, -0.2) is 56.0 Å². The highest BCUT2D eigenvalue weighted by Crippen LogP contribution is 2.36. The molecule has 10 heteroatoms. The molecule has 0 unspecified atom stereocenters. The summed E-state index contributed by atoms with van der Waals surface area (Å²) >= 11 is 6.95. The number of benzene rings is 2. The van der Waals surface area contributed by atoms with E-state index in [1.54, 1.807) is 15.7 Å². The van der Waals surface area contributed by atoms with Crippen LogP contribution in [0.5, 0.6) is 0 Å². The number of carbonyl (C=O) groups is 1. The highest BCUT2D eigenvalue weighted by atomic mass is 35.5. The van der Waals surface area contributed by atoms with Crippen LogP contribution in [0.3, 0.4) is 0 Å². The standard InChI is InChI=1S/C34H34ClN7O2/c1-6-28(43)40-16-17-41(22(5)19-40)32-25-18-26(35)31(37-27-13-9-11-23-10-7-8-12-24(23)27)38-33(25)42(34(44)39-32)30-21(4)14-15-36-29(30)20(2)3/h6-15,18,20,22H,1,16-17,19H2,2-5H3,(H,37,38)/t22-/m0/s1. The summed E-state index contributed by atoms with van der Waals surface area (Å²) in [7, 11) is 0. The summed E-state index contributed by atoms with van der Waals surface area (Å²) in [6.45, 7) is 13.1. The van der Waals surface area contributed by atoms with Gasteiger partial charge in [-0.25, -0.2) is 14.3 Å². The molecule has 0 saturated carbocycles. The zero-order chi connectivity index (χ0) is 31.1. The molecule has 5 aromatic rings. The maximum atomic E-state index is 14.1. The number of anilines is 3. The molecule has 1 saturated heterocycles. The third-order valence-electron chi connectivity index (χ3n) is 8.15. The first-order valence-electron chi connectivity index (χ1n) is 14.7. The molecule has 4 heterocycles. The number of pyridine rings is 2. The van der Waals surface area contributed by atoms with E-state index in [0.29, 0.717) is 53.0 Å². The van der Waals surface area contributed by atoms with Gasteiger partial charge in [-0.1, -0.05) is 68.4 Å². The fraction of sp³-hybridized carbons (Fsp3) is 0.265. The van der Waals surface area contributed by atoms with Gasteiger partial charge in [0.25, 0.3) is 0 Å². The van der Waals surface area contributed by atoms with E-state index in [1.807, 2.05) is 82.3 Å². The summed E-state index contributed by atoms with van der Waals surface area (Å²) in [5.74, 6) is 0.829. The number of fused-ring (bicyclic) bond motifs is 2. The third-order valence-corrected chi connectivity index (χ3v) is 8.44. The van der Waals surface area contributed by atoms with Gasteiger partial charge >= 0.3 is 5.69 Å². The first-order valence-corrected chi connectivity index (χ1v) is 15.1. The highest BCUT2D eigenvalue weighted by molar-refractivity contribution is 6.34. The number of aryl methyl sites for hydroxylation is 1. The summed E-state index contributed by atoms with van der Waals surface area (Å²) in [5.41, 5.74) is 3.12. The summed E-state index contributed by atoms with van der Waals surface area (Å²) in [6, 6.07) is 17.7. The Balaban J connectivity index is 1.58. The van der Waals surface area contributed by atoms with E-state index in [2.05, 4.69) is 26.8 Å². The monoisotopic (exact) mass is 607 g/mol. The lowest BCUT2D eigenvalue weighted by Crippen LogP contribution is -2.54. The molecular weight excluding hydrogens is 574 g/mol. The molecule has 224 valence electrons. The van der Waals surface area contributed by atoms with Crippen molar-refractivity contribution >= 4 is 56.6 Å². The molecule has 0 aliphatic carbocycles. The SMILES string of the molecule is C=CC(=O)N1CCN(c2nc(=O)n(-c3c(C)ccnc3C(C)C)c3nc(Nc4cccc5ccccc45)c(Cl)cc23)[C@@H](C)C1. The number of hydrogen-bond acceptors (Lipinski definition) is 7. The minimum absolute atomic E-state index is 0.0441. The molecule has 1 amide bonds. The molecule has 9 nitrogen and oxygen atoms in total. The van der Waals surface area contributed by atoms with Gasteiger partial charge in [0.2, 0.25) is 5.91 Å². The van der Waals surface area contributed by atoms with Crippen LogP contribution in [0.25, 0.3) is 27.5 Å². The number of halogens is 1. The van der Waals surface area contributed by atoms with Crippen LogP contribution < -0.4 is 15.9 Å². The van der Waals surface area contributed by atoms with Crippen molar-refractivity contribution in [3.05, 3.63) is 100 Å². The fourth-order valence-corrected chi connectivity index (χ4v) is 6.16. The van der Waals surface area contributed by atoms with Gasteiger partial charge in [-0.2, -0.15) is 4.98 Å². The van der Waals surface area contributed by atoms with Crippen molar-refractivity contribution in [2.75, 3.05) is 29.9 Å². The Labute approximate surface area is 260 Å². The third kappa shape index (κ3) is 5.17. The number of nitrogens with one attached hydrogen (secondary N) is 1. The lowest BCUT2D eigenvalue weighted by atomic mass is 10.0. The van der Waals surface area contributed by atoms with Crippen molar-refractivity contribution in [3.8, 4) is 5.69 Å². The summed E-state index contributed by atoms with van der Waals surface area (Å²) in [6.07, 6.45) is 3.08. The maximum absolute atomic E-state index is 14.1. The minimum Gasteiger partial charge on any atom is -0.350 e. The Morgan fingerprint density at radius 1 is 1.09 bits per heavy atom. The maximum Gasteiger partial charge on any atom is 0.355 e. The van der Waals surface area contributed by atoms with Crippen LogP contribution >= 0.6 is 11.6 Å². The molecule has 0 spiro atoms. The minimum atomic E-state index is -0.465. The number of aromatic nitrogens is 4. The van der Waals surface area contributed by atoms with Crippen molar-refractivity contribution in [1.29, 1.82) is 0 Å². The lowest BCUT2D eigenvalue weighted by molar-refractivity contribution is -0.126. The first kappa shape index (κ1) is 29.3. The van der Waals surface area contributed by atoms with E-state index in [9.17, 15) is 9.59 Å². The van der Waals surface area contributed by atoms with Crippen molar-refractivity contribution < 1.29 is 4.79 Å². The predicted octanol–water partition coefficient (Wildman–Crippen LogP) is 6.38. The number of amides is 1. The first-order chi connectivity index (χ1) is 21.2. The normalized spacial score (nSPS) is 15.3. The Morgan fingerprint density at radius 3 is 2.61 bits per heavy atom. The molecule has 0 radical (unpaired) electrons. The topological polar surface area (TPSA) is 96.3 Å². The average Bonchev–Trinajstić information content (AvgIpc) is 3.01.